The lowest BCUT2D eigenvalue weighted by Crippen LogP contribution is -2.04. The van der Waals surface area contributed by atoms with Crippen molar-refractivity contribution in [3.05, 3.63) is 23.8 Å². The van der Waals surface area contributed by atoms with Crippen molar-refractivity contribution in [1.82, 2.24) is 0 Å². The van der Waals surface area contributed by atoms with E-state index in [9.17, 15) is 4.79 Å². The van der Waals surface area contributed by atoms with E-state index in [0.717, 1.165) is 0 Å². The first kappa shape index (κ1) is 11.9. The van der Waals surface area contributed by atoms with Crippen LogP contribution in [0.5, 0.6) is 0 Å². The zero-order chi connectivity index (χ0) is 10.3. The molecule has 0 aliphatic heterocycles. The van der Waals surface area contributed by atoms with E-state index in [0.29, 0.717) is 18.1 Å². The van der Waals surface area contributed by atoms with Crippen LogP contribution in [0.2, 0.25) is 0 Å². The molecule has 0 N–H and O–H groups in total. The number of esters is 1. The summed E-state index contributed by atoms with van der Waals surface area (Å²) in [6.07, 6.45) is 5.69. The van der Waals surface area contributed by atoms with E-state index in [1.807, 2.05) is 12.2 Å². The topological polar surface area (TPSA) is 26.3 Å². The molecule has 0 aliphatic rings. The highest BCUT2D eigenvalue weighted by atomic mass is 16.5. The summed E-state index contributed by atoms with van der Waals surface area (Å²) in [4.78, 5) is 11.1. The van der Waals surface area contributed by atoms with Crippen LogP contribution in [0.1, 0.15) is 27.7 Å². The van der Waals surface area contributed by atoms with Crippen molar-refractivity contribution in [2.24, 2.45) is 5.92 Å². The Morgan fingerprint density at radius 3 is 2.54 bits per heavy atom. The Hall–Kier alpha value is -1.05. The van der Waals surface area contributed by atoms with E-state index in [1.165, 1.54) is 0 Å². The average Bonchev–Trinajstić information content (AvgIpc) is 2.04. The SMILES string of the molecule is CCOC(=O)/C(C)=C/C=C/C(C)C. The fourth-order valence-electron chi connectivity index (χ4n) is 0.735. The van der Waals surface area contributed by atoms with Crippen molar-refractivity contribution >= 4 is 5.97 Å². The third kappa shape index (κ3) is 6.14. The molecule has 0 spiro atoms. The number of allylic oxidation sites excluding steroid dienone is 3. The summed E-state index contributed by atoms with van der Waals surface area (Å²) in [6, 6.07) is 0. The lowest BCUT2D eigenvalue weighted by Gasteiger charge is -1.99. The van der Waals surface area contributed by atoms with E-state index < -0.39 is 0 Å². The van der Waals surface area contributed by atoms with Crippen molar-refractivity contribution in [2.45, 2.75) is 27.7 Å². The minimum atomic E-state index is -0.240. The Balaban J connectivity index is 4.08. The third-order valence-corrected chi connectivity index (χ3v) is 1.44. The Morgan fingerprint density at radius 1 is 1.46 bits per heavy atom. The van der Waals surface area contributed by atoms with Gasteiger partial charge in [-0.05, 0) is 19.8 Å². The van der Waals surface area contributed by atoms with E-state index in [4.69, 9.17) is 4.74 Å². The molecule has 2 heteroatoms. The predicted octanol–water partition coefficient (Wildman–Crippen LogP) is 2.71. The summed E-state index contributed by atoms with van der Waals surface area (Å²) in [5, 5.41) is 0. The molecular formula is C11H18O2. The molecule has 0 aromatic carbocycles. The van der Waals surface area contributed by atoms with Crippen LogP contribution in [0.15, 0.2) is 23.8 Å². The van der Waals surface area contributed by atoms with Crippen LogP contribution in [0, 0.1) is 5.92 Å². The molecule has 13 heavy (non-hydrogen) atoms. The molecule has 0 saturated carbocycles. The molecule has 0 rings (SSSR count). The standard InChI is InChI=1S/C11H18O2/c1-5-13-11(12)10(4)8-6-7-9(2)3/h6-9H,5H2,1-4H3/b7-6+,10-8+. The summed E-state index contributed by atoms with van der Waals surface area (Å²) < 4.78 is 4.82. The van der Waals surface area contributed by atoms with Crippen molar-refractivity contribution in [3.63, 3.8) is 0 Å². The Labute approximate surface area is 80.3 Å². The first-order valence-electron chi connectivity index (χ1n) is 4.60. The average molecular weight is 182 g/mol. The smallest absolute Gasteiger partial charge is 0.333 e. The maximum absolute atomic E-state index is 11.1. The maximum atomic E-state index is 11.1. The molecule has 0 fully saturated rings. The first-order valence-corrected chi connectivity index (χ1v) is 4.60. The lowest BCUT2D eigenvalue weighted by molar-refractivity contribution is -0.138. The van der Waals surface area contributed by atoms with Crippen LogP contribution >= 0.6 is 0 Å². The second-order valence-electron chi connectivity index (χ2n) is 3.20. The molecule has 0 radical (unpaired) electrons. The zero-order valence-corrected chi connectivity index (χ0v) is 8.83. The van der Waals surface area contributed by atoms with Crippen LogP contribution < -0.4 is 0 Å². The quantitative estimate of drug-likeness (QED) is 0.379. The minimum absolute atomic E-state index is 0.240. The molecule has 0 amide bonds. The molecule has 2 nitrogen and oxygen atoms in total. The fourth-order valence-corrected chi connectivity index (χ4v) is 0.735. The Morgan fingerprint density at radius 2 is 2.08 bits per heavy atom. The van der Waals surface area contributed by atoms with Gasteiger partial charge in [-0.3, -0.25) is 0 Å². The summed E-state index contributed by atoms with van der Waals surface area (Å²) in [6.45, 7) is 8.16. The minimum Gasteiger partial charge on any atom is -0.463 e. The van der Waals surface area contributed by atoms with Crippen LogP contribution in [0.25, 0.3) is 0 Å². The van der Waals surface area contributed by atoms with Crippen LogP contribution in [0.3, 0.4) is 0 Å². The van der Waals surface area contributed by atoms with Gasteiger partial charge in [0.05, 0.1) is 6.61 Å². The highest BCUT2D eigenvalue weighted by Crippen LogP contribution is 1.99. The van der Waals surface area contributed by atoms with Crippen molar-refractivity contribution < 1.29 is 9.53 Å². The van der Waals surface area contributed by atoms with Gasteiger partial charge >= 0.3 is 5.97 Å². The molecule has 0 unspecified atom stereocenters. The summed E-state index contributed by atoms with van der Waals surface area (Å²) in [5.74, 6) is 0.266. The van der Waals surface area contributed by atoms with Gasteiger partial charge in [-0.2, -0.15) is 0 Å². The molecule has 0 aromatic rings. The zero-order valence-electron chi connectivity index (χ0n) is 8.83. The maximum Gasteiger partial charge on any atom is 0.333 e. The number of ether oxygens (including phenoxy) is 1. The largest absolute Gasteiger partial charge is 0.463 e. The highest BCUT2D eigenvalue weighted by Gasteiger charge is 2.01. The second kappa shape index (κ2) is 6.46. The molecule has 0 aliphatic carbocycles. The van der Waals surface area contributed by atoms with E-state index in [-0.39, 0.29) is 5.97 Å². The number of carbonyl (C=O) groups excluding carboxylic acids is 1. The molecule has 0 saturated heterocycles. The molecule has 0 bridgehead atoms. The monoisotopic (exact) mass is 182 g/mol. The highest BCUT2D eigenvalue weighted by molar-refractivity contribution is 5.88. The third-order valence-electron chi connectivity index (χ3n) is 1.44. The van der Waals surface area contributed by atoms with Gasteiger partial charge in [0.15, 0.2) is 0 Å². The van der Waals surface area contributed by atoms with Crippen LogP contribution in [0.4, 0.5) is 0 Å². The van der Waals surface area contributed by atoms with E-state index in [1.54, 1.807) is 19.9 Å². The van der Waals surface area contributed by atoms with E-state index >= 15 is 0 Å². The Kier molecular flexibility index (Phi) is 5.94. The van der Waals surface area contributed by atoms with Crippen molar-refractivity contribution in [3.8, 4) is 0 Å². The van der Waals surface area contributed by atoms with E-state index in [2.05, 4.69) is 13.8 Å². The van der Waals surface area contributed by atoms with Crippen LogP contribution in [-0.4, -0.2) is 12.6 Å². The summed E-state index contributed by atoms with van der Waals surface area (Å²) in [7, 11) is 0. The van der Waals surface area contributed by atoms with Gasteiger partial charge in [0, 0.05) is 5.57 Å². The first-order chi connectivity index (χ1) is 6.07. The van der Waals surface area contributed by atoms with Gasteiger partial charge in [-0.25, -0.2) is 4.79 Å². The van der Waals surface area contributed by atoms with Crippen molar-refractivity contribution in [2.75, 3.05) is 6.61 Å². The Bertz CT molecular complexity index is 212. The van der Waals surface area contributed by atoms with Crippen LogP contribution in [-0.2, 0) is 9.53 Å². The summed E-state index contributed by atoms with van der Waals surface area (Å²) in [5.41, 5.74) is 0.638. The lowest BCUT2D eigenvalue weighted by atomic mass is 10.2. The van der Waals surface area contributed by atoms with Crippen molar-refractivity contribution in [1.29, 1.82) is 0 Å². The van der Waals surface area contributed by atoms with Gasteiger partial charge in [0.25, 0.3) is 0 Å². The number of rotatable bonds is 4. The van der Waals surface area contributed by atoms with Gasteiger partial charge in [-0.15, -0.1) is 0 Å². The molecule has 0 heterocycles. The number of hydrogen-bond donors (Lipinski definition) is 0. The number of carbonyl (C=O) groups is 1. The fraction of sp³-hybridized carbons (Fsp3) is 0.545. The normalized spacial score (nSPS) is 12.5. The van der Waals surface area contributed by atoms with Gasteiger partial charge in [0.2, 0.25) is 0 Å². The predicted molar refractivity (Wildman–Crippen MR) is 54.4 cm³/mol. The summed E-state index contributed by atoms with van der Waals surface area (Å²) >= 11 is 0. The van der Waals surface area contributed by atoms with Gasteiger partial charge < -0.3 is 4.74 Å². The van der Waals surface area contributed by atoms with Gasteiger partial charge in [-0.1, -0.05) is 32.1 Å². The second-order valence-corrected chi connectivity index (χ2v) is 3.20. The molecule has 0 atom stereocenters. The molecular weight excluding hydrogens is 164 g/mol. The van der Waals surface area contributed by atoms with Gasteiger partial charge in [0.1, 0.15) is 0 Å². The molecule has 74 valence electrons. The molecule has 0 aromatic heterocycles. The number of hydrogen-bond acceptors (Lipinski definition) is 2.